The van der Waals surface area contributed by atoms with Crippen molar-refractivity contribution in [2.24, 2.45) is 10.9 Å². The van der Waals surface area contributed by atoms with Gasteiger partial charge >= 0.3 is 0 Å². The molecule has 6 rings (SSSR count). The summed E-state index contributed by atoms with van der Waals surface area (Å²) in [4.78, 5) is 12.1. The summed E-state index contributed by atoms with van der Waals surface area (Å²) >= 11 is 0. The van der Waals surface area contributed by atoms with Crippen LogP contribution in [0.5, 0.6) is 5.75 Å². The lowest BCUT2D eigenvalue weighted by Crippen LogP contribution is -2.46. The van der Waals surface area contributed by atoms with Crippen LogP contribution < -0.4 is 9.64 Å². The zero-order chi connectivity index (χ0) is 23.1. The smallest absolute Gasteiger partial charge is 0.298 e. The van der Waals surface area contributed by atoms with E-state index in [9.17, 15) is 0 Å². The average Bonchev–Trinajstić information content (AvgIpc) is 3.50. The minimum absolute atomic E-state index is 0.147. The lowest BCUT2D eigenvalue weighted by atomic mass is 10.00. The summed E-state index contributed by atoms with van der Waals surface area (Å²) in [6.45, 7) is 5.66. The fourth-order valence-corrected chi connectivity index (χ4v) is 5.52. The van der Waals surface area contributed by atoms with Crippen LogP contribution in [0.1, 0.15) is 58.8 Å². The first kappa shape index (κ1) is 22.0. The van der Waals surface area contributed by atoms with Crippen LogP contribution >= 0.6 is 0 Å². The van der Waals surface area contributed by atoms with Crippen molar-refractivity contribution in [1.29, 1.82) is 0 Å². The van der Waals surface area contributed by atoms with Crippen LogP contribution in [-0.2, 0) is 9.47 Å². The number of piperidine rings is 1. The second-order valence-corrected chi connectivity index (χ2v) is 10.5. The molecular formula is C27H35N3O4. The first-order chi connectivity index (χ1) is 16.6. The average molecular weight is 466 g/mol. The van der Waals surface area contributed by atoms with Crippen LogP contribution in [0.3, 0.4) is 0 Å². The summed E-state index contributed by atoms with van der Waals surface area (Å²) in [5.41, 5.74) is 2.81. The Labute approximate surface area is 201 Å². The van der Waals surface area contributed by atoms with E-state index in [4.69, 9.17) is 28.6 Å². The van der Waals surface area contributed by atoms with Crippen molar-refractivity contribution in [3.63, 3.8) is 0 Å². The second kappa shape index (κ2) is 9.25. The molecule has 2 aromatic rings. The molecule has 1 saturated carbocycles. The molecule has 0 amide bonds. The molecule has 2 saturated heterocycles. The number of aromatic nitrogens is 1. The number of anilines is 1. The third kappa shape index (κ3) is 4.81. The molecule has 7 heteroatoms. The molecule has 0 N–H and O–H groups in total. The van der Waals surface area contributed by atoms with Gasteiger partial charge in [-0.05, 0) is 76.5 Å². The summed E-state index contributed by atoms with van der Waals surface area (Å²) in [5, 5.41) is 0. The van der Waals surface area contributed by atoms with Crippen LogP contribution in [0.25, 0.3) is 11.1 Å². The molecule has 182 valence electrons. The van der Waals surface area contributed by atoms with Gasteiger partial charge in [-0.25, -0.2) is 0 Å². The van der Waals surface area contributed by atoms with E-state index in [1.165, 1.54) is 25.7 Å². The van der Waals surface area contributed by atoms with E-state index < -0.39 is 0 Å². The zero-order valence-electron chi connectivity index (χ0n) is 20.2. The third-order valence-corrected chi connectivity index (χ3v) is 7.47. The minimum Gasteiger partial charge on any atom is -0.498 e. The van der Waals surface area contributed by atoms with Gasteiger partial charge in [-0.2, -0.15) is 4.98 Å². The van der Waals surface area contributed by atoms with Crippen molar-refractivity contribution in [3.05, 3.63) is 30.5 Å². The predicted octanol–water partition coefficient (Wildman–Crippen LogP) is 5.29. The molecule has 0 spiro atoms. The van der Waals surface area contributed by atoms with Crippen LogP contribution in [-0.4, -0.2) is 54.2 Å². The van der Waals surface area contributed by atoms with Gasteiger partial charge in [-0.1, -0.05) is 0 Å². The number of ether oxygens (including phenoxy) is 3. The van der Waals surface area contributed by atoms with Gasteiger partial charge in [0, 0.05) is 30.3 Å². The Bertz CT molecular complexity index is 1060. The molecule has 1 aliphatic carbocycles. The number of aliphatic imine (C=N–C) groups is 1. The van der Waals surface area contributed by atoms with Gasteiger partial charge in [-0.3, -0.25) is 4.99 Å². The molecule has 0 radical (unpaired) electrons. The van der Waals surface area contributed by atoms with Crippen LogP contribution in [0.2, 0.25) is 0 Å². The molecule has 4 heterocycles. The van der Waals surface area contributed by atoms with Gasteiger partial charge in [0.05, 0.1) is 31.6 Å². The van der Waals surface area contributed by atoms with Crippen LogP contribution in [0.4, 0.5) is 6.01 Å². The fourth-order valence-electron chi connectivity index (χ4n) is 5.52. The summed E-state index contributed by atoms with van der Waals surface area (Å²) in [6.07, 6.45) is 12.0. The Morgan fingerprint density at radius 1 is 1.18 bits per heavy atom. The van der Waals surface area contributed by atoms with Crippen molar-refractivity contribution in [2.45, 2.75) is 89.1 Å². The largest absolute Gasteiger partial charge is 0.498 e. The van der Waals surface area contributed by atoms with Gasteiger partial charge in [0.25, 0.3) is 6.01 Å². The highest BCUT2D eigenvalue weighted by Crippen LogP contribution is 2.41. The highest BCUT2D eigenvalue weighted by molar-refractivity contribution is 5.95. The molecule has 1 aromatic heterocycles. The monoisotopic (exact) mass is 465 g/mol. The number of oxazole rings is 1. The Morgan fingerprint density at radius 3 is 2.76 bits per heavy atom. The molecule has 7 nitrogen and oxygen atoms in total. The van der Waals surface area contributed by atoms with E-state index in [1.807, 2.05) is 24.3 Å². The Hall–Kier alpha value is -2.54. The molecule has 4 unspecified atom stereocenters. The number of hydrogen-bond donors (Lipinski definition) is 0. The van der Waals surface area contributed by atoms with Crippen molar-refractivity contribution in [1.82, 2.24) is 4.98 Å². The van der Waals surface area contributed by atoms with Crippen molar-refractivity contribution >= 4 is 22.8 Å². The molecular weight excluding hydrogens is 430 g/mol. The predicted molar refractivity (Wildman–Crippen MR) is 132 cm³/mol. The Balaban J connectivity index is 1.06. The SMILES string of the molecule is CC(COC1CC2CCC(C1)N2c1nc2ccc(OCC3CC3)cc2o1)N=C1C=COC(C)C1. The third-order valence-electron chi connectivity index (χ3n) is 7.47. The normalized spacial score (nSPS) is 30.6. The zero-order valence-corrected chi connectivity index (χ0v) is 20.2. The van der Waals surface area contributed by atoms with E-state index >= 15 is 0 Å². The first-order valence-corrected chi connectivity index (χ1v) is 12.9. The van der Waals surface area contributed by atoms with E-state index in [1.54, 1.807) is 6.26 Å². The van der Waals surface area contributed by atoms with Crippen molar-refractivity contribution in [3.8, 4) is 5.75 Å². The standard InChI is InChI=1S/C27H35N3O4/c1-17(28-20-9-10-31-18(2)11-20)15-32-24-12-21-5-6-22(13-24)30(21)27-29-25-8-7-23(14-26(25)34-27)33-16-19-3-4-19/h7-10,14,17-19,21-22,24H,3-6,11-13,15-16H2,1-2H3. The number of hydrogen-bond acceptors (Lipinski definition) is 7. The first-order valence-electron chi connectivity index (χ1n) is 12.9. The van der Waals surface area contributed by atoms with Crippen molar-refractivity contribution in [2.75, 3.05) is 18.1 Å². The number of fused-ring (bicyclic) bond motifs is 3. The lowest BCUT2D eigenvalue weighted by molar-refractivity contribution is 0.0207. The van der Waals surface area contributed by atoms with E-state index in [-0.39, 0.29) is 18.2 Å². The van der Waals surface area contributed by atoms with Gasteiger partial charge in [0.15, 0.2) is 5.58 Å². The quantitative estimate of drug-likeness (QED) is 0.528. The minimum atomic E-state index is 0.147. The Kier molecular flexibility index (Phi) is 5.97. The van der Waals surface area contributed by atoms with Gasteiger partial charge in [-0.15, -0.1) is 0 Å². The summed E-state index contributed by atoms with van der Waals surface area (Å²) < 4.78 is 24.0. The highest BCUT2D eigenvalue weighted by atomic mass is 16.5. The van der Waals surface area contributed by atoms with E-state index in [2.05, 4.69) is 18.7 Å². The van der Waals surface area contributed by atoms with Gasteiger partial charge in [0.2, 0.25) is 0 Å². The second-order valence-electron chi connectivity index (χ2n) is 10.5. The highest BCUT2D eigenvalue weighted by Gasteiger charge is 2.43. The maximum absolute atomic E-state index is 6.35. The number of allylic oxidation sites excluding steroid dienone is 1. The summed E-state index contributed by atoms with van der Waals surface area (Å²) in [6, 6.07) is 7.75. The molecule has 34 heavy (non-hydrogen) atoms. The number of nitrogens with zero attached hydrogens (tertiary/aromatic N) is 3. The molecule has 4 aliphatic rings. The fraction of sp³-hybridized carbons (Fsp3) is 0.630. The Morgan fingerprint density at radius 2 is 2.00 bits per heavy atom. The van der Waals surface area contributed by atoms with Crippen LogP contribution in [0.15, 0.2) is 39.9 Å². The topological polar surface area (TPSA) is 69.3 Å². The van der Waals surface area contributed by atoms with Crippen molar-refractivity contribution < 1.29 is 18.6 Å². The van der Waals surface area contributed by atoms with Crippen LogP contribution in [0, 0.1) is 5.92 Å². The molecule has 3 aliphatic heterocycles. The van der Waals surface area contributed by atoms with Gasteiger partial charge in [0.1, 0.15) is 17.4 Å². The maximum Gasteiger partial charge on any atom is 0.298 e. The number of benzene rings is 1. The summed E-state index contributed by atoms with van der Waals surface area (Å²) in [7, 11) is 0. The summed E-state index contributed by atoms with van der Waals surface area (Å²) in [5.74, 6) is 1.61. The lowest BCUT2D eigenvalue weighted by Gasteiger charge is -2.38. The number of rotatable bonds is 8. The van der Waals surface area contributed by atoms with E-state index in [0.29, 0.717) is 18.7 Å². The molecule has 1 aromatic carbocycles. The molecule has 2 bridgehead atoms. The van der Waals surface area contributed by atoms with E-state index in [0.717, 1.165) is 60.4 Å². The molecule has 4 atom stereocenters. The van der Waals surface area contributed by atoms with Gasteiger partial charge < -0.3 is 23.5 Å². The molecule has 3 fully saturated rings. The maximum atomic E-state index is 6.35.